The molecule has 1 aromatic heterocycles. The highest BCUT2D eigenvalue weighted by Crippen LogP contribution is 2.33. The molecule has 160 valence electrons. The quantitative estimate of drug-likeness (QED) is 0.448. The van der Waals surface area contributed by atoms with E-state index < -0.39 is 28.3 Å². The molecule has 2 aromatic carbocycles. The normalized spacial score (nSPS) is 12.3. The third kappa shape index (κ3) is 5.87. The lowest BCUT2D eigenvalue weighted by Gasteiger charge is -2.08. The average molecular weight is 495 g/mol. The van der Waals surface area contributed by atoms with E-state index in [0.29, 0.717) is 20.2 Å². The molecule has 0 unspecified atom stereocenters. The molecule has 0 radical (unpaired) electrons. The van der Waals surface area contributed by atoms with Crippen molar-refractivity contribution in [2.24, 2.45) is 0 Å². The van der Waals surface area contributed by atoms with Crippen LogP contribution in [0.5, 0.6) is 0 Å². The van der Waals surface area contributed by atoms with Crippen LogP contribution in [-0.2, 0) is 9.84 Å². The number of nitrogens with zero attached hydrogens (tertiary/aromatic N) is 1. The van der Waals surface area contributed by atoms with Gasteiger partial charge in [0.05, 0.1) is 32.1 Å². The molecule has 0 saturated carbocycles. The molecular formula is C18H14ClF3N2O3S3. The smallest absolute Gasteiger partial charge is 0.322 e. The lowest BCUT2D eigenvalue weighted by atomic mass is 10.2. The van der Waals surface area contributed by atoms with Crippen molar-refractivity contribution in [1.82, 2.24) is 4.98 Å². The number of carbonyl (C=O) groups is 1. The monoisotopic (exact) mass is 494 g/mol. The molecule has 0 spiro atoms. The van der Waals surface area contributed by atoms with Crippen LogP contribution in [0.25, 0.3) is 10.2 Å². The zero-order valence-corrected chi connectivity index (χ0v) is 18.5. The van der Waals surface area contributed by atoms with Crippen LogP contribution in [0.1, 0.15) is 16.8 Å². The molecule has 0 aliphatic carbocycles. The number of hydrogen-bond acceptors (Lipinski definition) is 6. The highest BCUT2D eigenvalue weighted by atomic mass is 35.5. The molecule has 0 atom stereocenters. The van der Waals surface area contributed by atoms with E-state index in [1.807, 2.05) is 0 Å². The van der Waals surface area contributed by atoms with Crippen LogP contribution in [0.3, 0.4) is 0 Å². The summed E-state index contributed by atoms with van der Waals surface area (Å²) >= 11 is 8.32. The molecule has 12 heteroatoms. The predicted molar refractivity (Wildman–Crippen MR) is 114 cm³/mol. The molecule has 3 rings (SSSR count). The molecule has 1 amide bonds. The van der Waals surface area contributed by atoms with Crippen molar-refractivity contribution in [2.75, 3.05) is 17.3 Å². The number of amides is 1. The molecule has 0 fully saturated rings. The zero-order valence-electron chi connectivity index (χ0n) is 15.3. The lowest BCUT2D eigenvalue weighted by molar-refractivity contribution is -0.129. The average Bonchev–Trinajstić information content (AvgIpc) is 3.01. The summed E-state index contributed by atoms with van der Waals surface area (Å²) in [6.45, 7) is 0. The first-order valence-corrected chi connectivity index (χ1v) is 12.4. The minimum Gasteiger partial charge on any atom is -0.322 e. The number of nitrogens with one attached hydrogen (secondary N) is 1. The third-order valence-corrected chi connectivity index (χ3v) is 7.44. The molecule has 3 aromatic rings. The summed E-state index contributed by atoms with van der Waals surface area (Å²) in [6, 6.07) is 8.77. The van der Waals surface area contributed by atoms with Gasteiger partial charge in [-0.05, 0) is 36.4 Å². The number of rotatable bonds is 6. The van der Waals surface area contributed by atoms with Gasteiger partial charge < -0.3 is 5.32 Å². The summed E-state index contributed by atoms with van der Waals surface area (Å²) in [5.41, 5.74) is 1.17. The number of thiazole rings is 1. The summed E-state index contributed by atoms with van der Waals surface area (Å²) in [5.74, 6) is -0.641. The number of thioether (sulfide) groups is 1. The van der Waals surface area contributed by atoms with Crippen LogP contribution in [0, 0.1) is 0 Å². The first-order chi connectivity index (χ1) is 13.9. The molecule has 1 heterocycles. The van der Waals surface area contributed by atoms with E-state index in [2.05, 4.69) is 10.3 Å². The molecule has 1 N–H and O–H groups in total. The minimum atomic E-state index is -4.21. The summed E-state index contributed by atoms with van der Waals surface area (Å²) in [5, 5.41) is 2.67. The number of fused-ring (bicyclic) bond motifs is 1. The van der Waals surface area contributed by atoms with Crippen LogP contribution in [0.15, 0.2) is 45.6 Å². The Hall–Kier alpha value is -1.82. The Morgan fingerprint density at radius 2 is 1.97 bits per heavy atom. The molecule has 0 bridgehead atoms. The second-order valence-electron chi connectivity index (χ2n) is 6.24. The first-order valence-electron chi connectivity index (χ1n) is 8.33. The van der Waals surface area contributed by atoms with Crippen molar-refractivity contribution in [3.63, 3.8) is 0 Å². The Balaban J connectivity index is 1.73. The SMILES string of the molecule is CS(=O)(=O)c1ccc(C(=O)Nc2ccc3nc(SCCC(F)(F)F)sc3c2)c(Cl)c1. The second kappa shape index (κ2) is 8.74. The van der Waals surface area contributed by atoms with Gasteiger partial charge in [0.1, 0.15) is 0 Å². The van der Waals surface area contributed by atoms with Gasteiger partial charge in [-0.1, -0.05) is 23.4 Å². The van der Waals surface area contributed by atoms with Gasteiger partial charge in [0, 0.05) is 17.7 Å². The van der Waals surface area contributed by atoms with E-state index in [1.165, 1.54) is 29.5 Å². The van der Waals surface area contributed by atoms with Crippen molar-refractivity contribution < 1.29 is 26.4 Å². The van der Waals surface area contributed by atoms with Crippen molar-refractivity contribution >= 4 is 66.3 Å². The molecule has 0 aliphatic rings. The largest absolute Gasteiger partial charge is 0.389 e. The maximum atomic E-state index is 12.5. The molecule has 5 nitrogen and oxygen atoms in total. The summed E-state index contributed by atoms with van der Waals surface area (Å²) in [6.07, 6.45) is -4.06. The fraction of sp³-hybridized carbons (Fsp3) is 0.222. The second-order valence-corrected chi connectivity index (χ2v) is 11.0. The van der Waals surface area contributed by atoms with Crippen molar-refractivity contribution in [2.45, 2.75) is 21.8 Å². The Morgan fingerprint density at radius 1 is 1.23 bits per heavy atom. The summed E-state index contributed by atoms with van der Waals surface area (Å²) in [4.78, 5) is 16.8. The van der Waals surface area contributed by atoms with Gasteiger partial charge in [0.15, 0.2) is 14.2 Å². The van der Waals surface area contributed by atoms with Crippen molar-refractivity contribution in [3.05, 3.63) is 47.0 Å². The van der Waals surface area contributed by atoms with Crippen molar-refractivity contribution in [1.29, 1.82) is 0 Å². The number of hydrogen-bond donors (Lipinski definition) is 1. The van der Waals surface area contributed by atoms with Gasteiger partial charge in [-0.15, -0.1) is 11.3 Å². The van der Waals surface area contributed by atoms with E-state index in [0.717, 1.165) is 18.0 Å². The topological polar surface area (TPSA) is 76.1 Å². The van der Waals surface area contributed by atoms with E-state index >= 15 is 0 Å². The highest BCUT2D eigenvalue weighted by Gasteiger charge is 2.26. The van der Waals surface area contributed by atoms with Gasteiger partial charge in [-0.25, -0.2) is 13.4 Å². The number of aromatic nitrogens is 1. The maximum Gasteiger partial charge on any atom is 0.389 e. The molecule has 30 heavy (non-hydrogen) atoms. The number of carbonyl (C=O) groups excluding carboxylic acids is 1. The zero-order chi connectivity index (χ0) is 22.1. The highest BCUT2D eigenvalue weighted by molar-refractivity contribution is 8.01. The fourth-order valence-corrected chi connectivity index (χ4v) is 5.55. The van der Waals surface area contributed by atoms with E-state index in [4.69, 9.17) is 11.6 Å². The maximum absolute atomic E-state index is 12.5. The lowest BCUT2D eigenvalue weighted by Crippen LogP contribution is -2.12. The third-order valence-electron chi connectivity index (χ3n) is 3.85. The van der Waals surface area contributed by atoms with Crippen LogP contribution in [0.2, 0.25) is 5.02 Å². The Bertz CT molecular complexity index is 1210. The Morgan fingerprint density at radius 3 is 2.60 bits per heavy atom. The Kier molecular flexibility index (Phi) is 6.66. The number of sulfone groups is 1. The minimum absolute atomic E-state index is 0.00218. The number of anilines is 1. The van der Waals surface area contributed by atoms with Crippen LogP contribution >= 0.6 is 34.7 Å². The van der Waals surface area contributed by atoms with Gasteiger partial charge in [-0.2, -0.15) is 13.2 Å². The fourth-order valence-electron chi connectivity index (χ4n) is 2.41. The standard InChI is InChI=1S/C18H14ClF3N2O3S3/c1-30(26,27)11-3-4-12(13(19)9-11)16(25)23-10-2-5-14-15(8-10)29-17(24-14)28-7-6-18(20,21)22/h2-5,8-9H,6-7H2,1H3,(H,23,25). The summed E-state index contributed by atoms with van der Waals surface area (Å²) in [7, 11) is -3.45. The van der Waals surface area contributed by atoms with Crippen molar-refractivity contribution in [3.8, 4) is 0 Å². The number of halogens is 4. The molecular weight excluding hydrogens is 481 g/mol. The van der Waals surface area contributed by atoms with Crippen LogP contribution in [0.4, 0.5) is 18.9 Å². The Labute approximate surface area is 183 Å². The van der Waals surface area contributed by atoms with Gasteiger partial charge in [0.25, 0.3) is 5.91 Å². The van der Waals surface area contributed by atoms with Crippen LogP contribution in [-0.4, -0.2) is 37.5 Å². The number of benzene rings is 2. The first kappa shape index (κ1) is 22.9. The van der Waals surface area contributed by atoms with Crippen LogP contribution < -0.4 is 5.32 Å². The van der Waals surface area contributed by atoms with Gasteiger partial charge in [0.2, 0.25) is 0 Å². The van der Waals surface area contributed by atoms with E-state index in [9.17, 15) is 26.4 Å². The van der Waals surface area contributed by atoms with Gasteiger partial charge in [-0.3, -0.25) is 4.79 Å². The molecule has 0 saturated heterocycles. The molecule has 0 aliphatic heterocycles. The number of alkyl halides is 3. The summed E-state index contributed by atoms with van der Waals surface area (Å²) < 4.78 is 61.2. The van der Waals surface area contributed by atoms with E-state index in [1.54, 1.807) is 18.2 Å². The van der Waals surface area contributed by atoms with Gasteiger partial charge >= 0.3 is 6.18 Å². The van der Waals surface area contributed by atoms with E-state index in [-0.39, 0.29) is 21.2 Å². The predicted octanol–water partition coefficient (Wildman–Crippen LogP) is 5.65.